The van der Waals surface area contributed by atoms with Crippen molar-refractivity contribution in [2.24, 2.45) is 13.0 Å². The van der Waals surface area contributed by atoms with Gasteiger partial charge < -0.3 is 19.9 Å². The molecule has 3 rings (SSSR count). The Balaban J connectivity index is 1.49. The molecule has 1 unspecified atom stereocenters. The van der Waals surface area contributed by atoms with Crippen molar-refractivity contribution in [3.05, 3.63) is 12.4 Å². The number of ether oxygens (including phenoxy) is 1. The van der Waals surface area contributed by atoms with Gasteiger partial charge in [0.05, 0.1) is 24.5 Å². The minimum Gasteiger partial charge on any atom is -0.383 e. The lowest BCUT2D eigenvalue weighted by atomic mass is 10.2. The molecule has 1 atom stereocenters. The summed E-state index contributed by atoms with van der Waals surface area (Å²) in [5.74, 6) is 0.598. The van der Waals surface area contributed by atoms with Gasteiger partial charge in [0.25, 0.3) is 0 Å². The molecule has 2 aliphatic rings. The largest absolute Gasteiger partial charge is 0.383 e. The number of urea groups is 1. The van der Waals surface area contributed by atoms with E-state index in [1.54, 1.807) is 11.8 Å². The minimum absolute atomic E-state index is 0.0415. The number of aromatic nitrogens is 2. The smallest absolute Gasteiger partial charge is 0.317 e. The molecule has 0 aromatic carbocycles. The predicted molar refractivity (Wildman–Crippen MR) is 83.9 cm³/mol. The van der Waals surface area contributed by atoms with Crippen LogP contribution >= 0.6 is 0 Å². The monoisotopic (exact) mass is 307 g/mol. The van der Waals surface area contributed by atoms with Gasteiger partial charge in [-0.1, -0.05) is 0 Å². The summed E-state index contributed by atoms with van der Waals surface area (Å²) in [7, 11) is 3.61. The van der Waals surface area contributed by atoms with E-state index in [0.29, 0.717) is 12.5 Å². The summed E-state index contributed by atoms with van der Waals surface area (Å²) in [4.78, 5) is 16.6. The van der Waals surface area contributed by atoms with Crippen molar-refractivity contribution < 1.29 is 9.53 Å². The fourth-order valence-corrected chi connectivity index (χ4v) is 2.96. The fraction of sp³-hybridized carbons (Fsp3) is 0.733. The van der Waals surface area contributed by atoms with Crippen LogP contribution in [-0.2, 0) is 11.8 Å². The molecule has 1 aromatic heterocycles. The maximum Gasteiger partial charge on any atom is 0.317 e. The van der Waals surface area contributed by atoms with Gasteiger partial charge in [-0.25, -0.2) is 4.79 Å². The van der Waals surface area contributed by atoms with Gasteiger partial charge >= 0.3 is 6.03 Å². The summed E-state index contributed by atoms with van der Waals surface area (Å²) >= 11 is 0. The van der Waals surface area contributed by atoms with Crippen LogP contribution in [0.15, 0.2) is 12.4 Å². The number of amides is 2. The number of nitrogens with zero attached hydrogens (tertiary/aromatic N) is 4. The minimum atomic E-state index is 0.0415. The Hall–Kier alpha value is -1.76. The number of hydrogen-bond acceptors (Lipinski definition) is 4. The molecule has 2 heterocycles. The highest BCUT2D eigenvalue weighted by atomic mass is 16.5. The number of aryl methyl sites for hydroxylation is 1. The first-order valence-electron chi connectivity index (χ1n) is 7.95. The van der Waals surface area contributed by atoms with Crippen LogP contribution in [0.4, 0.5) is 10.5 Å². The van der Waals surface area contributed by atoms with Crippen molar-refractivity contribution in [2.75, 3.05) is 44.8 Å². The molecule has 2 fully saturated rings. The SMILES string of the molecule is COCC(NC(=O)N1CCN(c2cnn(C)c2)CC1)C1CC1. The van der Waals surface area contributed by atoms with E-state index in [2.05, 4.69) is 15.3 Å². The quantitative estimate of drug-likeness (QED) is 0.869. The molecule has 1 aromatic rings. The van der Waals surface area contributed by atoms with Gasteiger partial charge in [-0.3, -0.25) is 4.68 Å². The highest BCUT2D eigenvalue weighted by Crippen LogP contribution is 2.32. The highest BCUT2D eigenvalue weighted by Gasteiger charge is 2.33. The third-order valence-corrected chi connectivity index (χ3v) is 4.47. The van der Waals surface area contributed by atoms with Crippen LogP contribution in [0, 0.1) is 5.92 Å². The summed E-state index contributed by atoms with van der Waals surface area (Å²) in [5.41, 5.74) is 1.12. The van der Waals surface area contributed by atoms with Crippen molar-refractivity contribution in [3.63, 3.8) is 0 Å². The lowest BCUT2D eigenvalue weighted by molar-refractivity contribution is 0.146. The van der Waals surface area contributed by atoms with Crippen molar-refractivity contribution in [3.8, 4) is 0 Å². The zero-order chi connectivity index (χ0) is 15.5. The Morgan fingerprint density at radius 2 is 2.14 bits per heavy atom. The maximum absolute atomic E-state index is 12.4. The first-order chi connectivity index (χ1) is 10.7. The Kier molecular flexibility index (Phi) is 4.52. The van der Waals surface area contributed by atoms with E-state index in [1.165, 1.54) is 12.8 Å². The number of carbonyl (C=O) groups is 1. The number of piperazine rings is 1. The van der Waals surface area contributed by atoms with Crippen LogP contribution in [0.5, 0.6) is 0 Å². The first-order valence-corrected chi connectivity index (χ1v) is 7.95. The van der Waals surface area contributed by atoms with Gasteiger partial charge in [-0.15, -0.1) is 0 Å². The molecular formula is C15H25N5O2. The van der Waals surface area contributed by atoms with Crippen molar-refractivity contribution in [1.82, 2.24) is 20.0 Å². The average molecular weight is 307 g/mol. The second-order valence-electron chi connectivity index (χ2n) is 6.20. The molecule has 1 saturated carbocycles. The van der Waals surface area contributed by atoms with E-state index in [9.17, 15) is 4.79 Å². The molecule has 1 N–H and O–H groups in total. The summed E-state index contributed by atoms with van der Waals surface area (Å²) in [6.07, 6.45) is 6.28. The number of nitrogens with one attached hydrogen (secondary N) is 1. The first kappa shape index (κ1) is 15.1. The van der Waals surface area contributed by atoms with Crippen molar-refractivity contribution in [2.45, 2.75) is 18.9 Å². The average Bonchev–Trinajstić information content (AvgIpc) is 3.28. The normalized spacial score (nSPS) is 20.1. The Labute approximate surface area is 131 Å². The third kappa shape index (κ3) is 3.52. The molecule has 22 heavy (non-hydrogen) atoms. The van der Waals surface area contributed by atoms with E-state index >= 15 is 0 Å². The summed E-state index contributed by atoms with van der Waals surface area (Å²) in [6, 6.07) is 0.202. The van der Waals surface area contributed by atoms with Crippen molar-refractivity contribution >= 4 is 11.7 Å². The van der Waals surface area contributed by atoms with E-state index in [4.69, 9.17) is 4.74 Å². The molecular weight excluding hydrogens is 282 g/mol. The molecule has 0 bridgehead atoms. The maximum atomic E-state index is 12.4. The van der Waals surface area contributed by atoms with Crippen LogP contribution in [0.1, 0.15) is 12.8 Å². The topological polar surface area (TPSA) is 62.6 Å². The third-order valence-electron chi connectivity index (χ3n) is 4.47. The van der Waals surface area contributed by atoms with Crippen LogP contribution in [-0.4, -0.2) is 66.6 Å². The zero-order valence-corrected chi connectivity index (χ0v) is 13.4. The molecule has 7 heteroatoms. The molecule has 1 saturated heterocycles. The van der Waals surface area contributed by atoms with Gasteiger partial charge in [0, 0.05) is 46.5 Å². The van der Waals surface area contributed by atoms with Gasteiger partial charge in [-0.05, 0) is 18.8 Å². The summed E-state index contributed by atoms with van der Waals surface area (Å²) in [6.45, 7) is 3.78. The predicted octanol–water partition coefficient (Wildman–Crippen LogP) is 0.677. The number of anilines is 1. The highest BCUT2D eigenvalue weighted by molar-refractivity contribution is 5.75. The van der Waals surface area contributed by atoms with E-state index in [1.807, 2.05) is 24.3 Å². The molecule has 1 aliphatic heterocycles. The number of methoxy groups -OCH3 is 1. The van der Waals surface area contributed by atoms with Crippen LogP contribution in [0.2, 0.25) is 0 Å². The van der Waals surface area contributed by atoms with Gasteiger partial charge in [0.1, 0.15) is 0 Å². The summed E-state index contributed by atoms with van der Waals surface area (Å²) < 4.78 is 7.02. The fourth-order valence-electron chi connectivity index (χ4n) is 2.96. The summed E-state index contributed by atoms with van der Waals surface area (Å²) in [5, 5.41) is 7.34. The molecule has 2 amide bonds. The van der Waals surface area contributed by atoms with Crippen molar-refractivity contribution in [1.29, 1.82) is 0 Å². The molecule has 1 aliphatic carbocycles. The van der Waals surface area contributed by atoms with Gasteiger partial charge in [0.15, 0.2) is 0 Å². The van der Waals surface area contributed by atoms with E-state index in [-0.39, 0.29) is 12.1 Å². The van der Waals surface area contributed by atoms with Gasteiger partial charge in [-0.2, -0.15) is 5.10 Å². The van der Waals surface area contributed by atoms with E-state index < -0.39 is 0 Å². The van der Waals surface area contributed by atoms with Crippen LogP contribution in [0.25, 0.3) is 0 Å². The Morgan fingerprint density at radius 3 is 2.68 bits per heavy atom. The Bertz CT molecular complexity index is 506. The second-order valence-corrected chi connectivity index (χ2v) is 6.20. The second kappa shape index (κ2) is 6.56. The number of rotatable bonds is 5. The lowest BCUT2D eigenvalue weighted by Crippen LogP contribution is -2.54. The zero-order valence-electron chi connectivity index (χ0n) is 13.4. The Morgan fingerprint density at radius 1 is 1.41 bits per heavy atom. The number of hydrogen-bond donors (Lipinski definition) is 1. The van der Waals surface area contributed by atoms with Gasteiger partial charge in [0.2, 0.25) is 0 Å². The molecule has 122 valence electrons. The van der Waals surface area contributed by atoms with Crippen LogP contribution < -0.4 is 10.2 Å². The van der Waals surface area contributed by atoms with Crippen LogP contribution in [0.3, 0.4) is 0 Å². The standard InChI is InChI=1S/C15H25N5O2/c1-18-10-13(9-16-18)19-5-7-20(8-6-19)15(21)17-14(11-22-2)12-3-4-12/h9-10,12,14H,3-8,11H2,1-2H3,(H,17,21). The molecule has 0 spiro atoms. The molecule has 7 nitrogen and oxygen atoms in total. The lowest BCUT2D eigenvalue weighted by Gasteiger charge is -2.36. The molecule has 0 radical (unpaired) electrons. The number of carbonyl (C=O) groups excluding carboxylic acids is 1. The van der Waals surface area contributed by atoms with E-state index in [0.717, 1.165) is 31.9 Å².